The number of halogens is 1. The maximum atomic E-state index is 12.2. The number of aromatic nitrogens is 2. The Bertz CT molecular complexity index is 684. The fourth-order valence-corrected chi connectivity index (χ4v) is 3.98. The first-order valence-corrected chi connectivity index (χ1v) is 8.39. The Morgan fingerprint density at radius 3 is 2.63 bits per heavy atom. The van der Waals surface area contributed by atoms with Gasteiger partial charge in [0.1, 0.15) is 10.2 Å². The first-order chi connectivity index (χ1) is 8.85. The van der Waals surface area contributed by atoms with Gasteiger partial charge in [0, 0.05) is 12.7 Å². The van der Waals surface area contributed by atoms with E-state index in [2.05, 4.69) is 9.71 Å². The molecule has 0 radical (unpaired) electrons. The van der Waals surface area contributed by atoms with Crippen LogP contribution in [0.15, 0.2) is 16.6 Å². The van der Waals surface area contributed by atoms with Crippen molar-refractivity contribution < 1.29 is 8.42 Å². The highest BCUT2D eigenvalue weighted by molar-refractivity contribution is 7.92. The second kappa shape index (κ2) is 5.15. The molecule has 0 aliphatic rings. The minimum atomic E-state index is -3.70. The molecule has 0 unspecified atom stereocenters. The minimum absolute atomic E-state index is 0.00789. The fourth-order valence-electron chi connectivity index (χ4n) is 1.65. The normalized spacial score (nSPS) is 11.8. The molecule has 0 atom stereocenters. The fraction of sp³-hybridized carbons (Fsp3) is 0.364. The number of nitrogens with one attached hydrogen (secondary N) is 1. The lowest BCUT2D eigenvalue weighted by molar-refractivity contribution is 0.598. The van der Waals surface area contributed by atoms with E-state index in [9.17, 15) is 8.42 Å². The average molecular weight is 320 g/mol. The van der Waals surface area contributed by atoms with Gasteiger partial charge in [0.2, 0.25) is 0 Å². The molecule has 0 amide bonds. The van der Waals surface area contributed by atoms with Crippen LogP contribution in [-0.2, 0) is 16.6 Å². The molecule has 0 saturated carbocycles. The van der Waals surface area contributed by atoms with E-state index in [0.717, 1.165) is 5.56 Å². The molecule has 2 rings (SSSR count). The number of hydrogen-bond acceptors (Lipinski definition) is 4. The third-order valence-corrected chi connectivity index (χ3v) is 5.30. The zero-order valence-corrected chi connectivity index (χ0v) is 13.2. The van der Waals surface area contributed by atoms with Crippen molar-refractivity contribution >= 4 is 38.6 Å². The highest BCUT2D eigenvalue weighted by atomic mass is 35.5. The lowest BCUT2D eigenvalue weighted by Gasteiger charge is -2.05. The Hall–Kier alpha value is -1.05. The zero-order valence-electron chi connectivity index (χ0n) is 10.8. The Labute approximate surface area is 121 Å². The Kier molecular flexibility index (Phi) is 3.89. The van der Waals surface area contributed by atoms with E-state index < -0.39 is 10.0 Å². The molecule has 5 nitrogen and oxygen atoms in total. The summed E-state index contributed by atoms with van der Waals surface area (Å²) < 4.78 is 29.2. The topological polar surface area (TPSA) is 64.0 Å². The summed E-state index contributed by atoms with van der Waals surface area (Å²) in [6.07, 6.45) is 1.52. The number of sulfonamides is 1. The Balaban J connectivity index is 2.38. The summed E-state index contributed by atoms with van der Waals surface area (Å²) in [6, 6.07) is 0. The highest BCUT2D eigenvalue weighted by Gasteiger charge is 2.21. The van der Waals surface area contributed by atoms with E-state index in [0.29, 0.717) is 22.4 Å². The summed E-state index contributed by atoms with van der Waals surface area (Å²) in [7, 11) is -3.70. The summed E-state index contributed by atoms with van der Waals surface area (Å²) in [5.74, 6) is 0.663. The standard InChI is InChI=1S/C11H14ClN3O2S2/c1-4-15-5-9(13-8(15)3)19(16,17)14-10-7(2)6-18-11(10)12/h5-6,14H,4H2,1-3H3. The van der Waals surface area contributed by atoms with Crippen LogP contribution in [0, 0.1) is 13.8 Å². The molecule has 2 heterocycles. The van der Waals surface area contributed by atoms with Crippen LogP contribution in [0.5, 0.6) is 0 Å². The molecule has 0 bridgehead atoms. The van der Waals surface area contributed by atoms with Crippen LogP contribution >= 0.6 is 22.9 Å². The van der Waals surface area contributed by atoms with Crippen LogP contribution in [0.2, 0.25) is 4.34 Å². The minimum Gasteiger partial charge on any atom is -0.334 e. The third-order valence-electron chi connectivity index (χ3n) is 2.74. The molecule has 0 fully saturated rings. The number of rotatable bonds is 4. The largest absolute Gasteiger partial charge is 0.334 e. The number of hydrogen-bond donors (Lipinski definition) is 1. The number of nitrogens with zero attached hydrogens (tertiary/aromatic N) is 2. The molecule has 19 heavy (non-hydrogen) atoms. The van der Waals surface area contributed by atoms with Gasteiger partial charge in [-0.15, -0.1) is 11.3 Å². The maximum absolute atomic E-state index is 12.2. The number of thiophene rings is 1. The monoisotopic (exact) mass is 319 g/mol. The summed E-state index contributed by atoms with van der Waals surface area (Å²) in [6.45, 7) is 6.17. The van der Waals surface area contributed by atoms with Gasteiger partial charge >= 0.3 is 0 Å². The zero-order chi connectivity index (χ0) is 14.2. The quantitative estimate of drug-likeness (QED) is 0.942. The van der Waals surface area contributed by atoms with Crippen LogP contribution in [0.4, 0.5) is 5.69 Å². The first kappa shape index (κ1) is 14.4. The lowest BCUT2D eigenvalue weighted by Crippen LogP contribution is -2.13. The van der Waals surface area contributed by atoms with Crippen molar-refractivity contribution in [3.05, 3.63) is 27.3 Å². The number of aryl methyl sites for hydroxylation is 3. The van der Waals surface area contributed by atoms with Crippen molar-refractivity contribution in [1.29, 1.82) is 0 Å². The first-order valence-electron chi connectivity index (χ1n) is 5.65. The molecule has 0 aromatic carbocycles. The van der Waals surface area contributed by atoms with Gasteiger partial charge in [-0.05, 0) is 31.7 Å². The van der Waals surface area contributed by atoms with Gasteiger partial charge < -0.3 is 4.57 Å². The third kappa shape index (κ3) is 2.77. The van der Waals surface area contributed by atoms with Crippen molar-refractivity contribution in [3.63, 3.8) is 0 Å². The van der Waals surface area contributed by atoms with Gasteiger partial charge in [-0.1, -0.05) is 11.6 Å². The SMILES string of the molecule is CCn1cc(S(=O)(=O)Nc2c(C)csc2Cl)nc1C. The average Bonchev–Trinajstić information content (AvgIpc) is 2.87. The summed E-state index contributed by atoms with van der Waals surface area (Å²) in [5.41, 5.74) is 1.22. The van der Waals surface area contributed by atoms with E-state index in [4.69, 9.17) is 11.6 Å². The van der Waals surface area contributed by atoms with Crippen molar-refractivity contribution in [2.75, 3.05) is 4.72 Å². The summed E-state index contributed by atoms with van der Waals surface area (Å²) in [5, 5.41) is 1.81. The van der Waals surface area contributed by atoms with E-state index >= 15 is 0 Å². The molecule has 1 N–H and O–H groups in total. The van der Waals surface area contributed by atoms with Gasteiger partial charge in [-0.25, -0.2) is 4.98 Å². The molecule has 104 valence electrons. The van der Waals surface area contributed by atoms with E-state index in [1.807, 2.05) is 6.92 Å². The second-order valence-electron chi connectivity index (χ2n) is 4.09. The molecule has 2 aromatic heterocycles. The van der Waals surface area contributed by atoms with Crippen molar-refractivity contribution in [2.45, 2.75) is 32.3 Å². The van der Waals surface area contributed by atoms with Crippen LogP contribution in [-0.4, -0.2) is 18.0 Å². The highest BCUT2D eigenvalue weighted by Crippen LogP contribution is 2.33. The van der Waals surface area contributed by atoms with Crippen molar-refractivity contribution in [2.24, 2.45) is 0 Å². The van der Waals surface area contributed by atoms with Gasteiger partial charge in [0.25, 0.3) is 10.0 Å². The Morgan fingerprint density at radius 1 is 1.47 bits per heavy atom. The van der Waals surface area contributed by atoms with Crippen LogP contribution in [0.3, 0.4) is 0 Å². The van der Waals surface area contributed by atoms with Crippen molar-refractivity contribution in [3.8, 4) is 0 Å². The summed E-state index contributed by atoms with van der Waals surface area (Å²) >= 11 is 7.26. The van der Waals surface area contributed by atoms with Gasteiger partial charge in [-0.3, -0.25) is 4.72 Å². The van der Waals surface area contributed by atoms with E-state index in [1.165, 1.54) is 17.5 Å². The van der Waals surface area contributed by atoms with Crippen LogP contribution in [0.25, 0.3) is 0 Å². The predicted octanol–water partition coefficient (Wildman–Crippen LogP) is 3.04. The predicted molar refractivity (Wildman–Crippen MR) is 77.5 cm³/mol. The smallest absolute Gasteiger partial charge is 0.281 e. The van der Waals surface area contributed by atoms with Gasteiger partial charge in [0.15, 0.2) is 5.03 Å². The molecular weight excluding hydrogens is 306 g/mol. The van der Waals surface area contributed by atoms with Gasteiger partial charge in [-0.2, -0.15) is 8.42 Å². The maximum Gasteiger partial charge on any atom is 0.281 e. The van der Waals surface area contributed by atoms with Crippen LogP contribution in [0.1, 0.15) is 18.3 Å². The molecule has 0 aliphatic heterocycles. The molecule has 0 spiro atoms. The number of anilines is 1. The van der Waals surface area contributed by atoms with E-state index in [1.54, 1.807) is 23.8 Å². The van der Waals surface area contributed by atoms with E-state index in [-0.39, 0.29) is 5.03 Å². The van der Waals surface area contributed by atoms with Crippen LogP contribution < -0.4 is 4.72 Å². The number of imidazole rings is 1. The Morgan fingerprint density at radius 2 is 2.16 bits per heavy atom. The molecule has 8 heteroatoms. The molecular formula is C11H14ClN3O2S2. The van der Waals surface area contributed by atoms with Gasteiger partial charge in [0.05, 0.1) is 5.69 Å². The molecule has 0 aliphatic carbocycles. The second-order valence-corrected chi connectivity index (χ2v) is 7.20. The molecule has 0 saturated heterocycles. The lowest BCUT2D eigenvalue weighted by atomic mass is 10.3. The van der Waals surface area contributed by atoms with Crippen molar-refractivity contribution in [1.82, 2.24) is 9.55 Å². The molecule has 2 aromatic rings. The summed E-state index contributed by atoms with van der Waals surface area (Å²) in [4.78, 5) is 4.07.